The van der Waals surface area contributed by atoms with Crippen LogP contribution in [0.3, 0.4) is 0 Å². The molecule has 6 nitrogen and oxygen atoms in total. The van der Waals surface area contributed by atoms with Gasteiger partial charge in [-0.2, -0.15) is 13.2 Å². The molecule has 2 amide bonds. The molecule has 9 heteroatoms. The van der Waals surface area contributed by atoms with Crippen molar-refractivity contribution in [3.05, 3.63) is 23.4 Å². The lowest BCUT2D eigenvalue weighted by Crippen LogP contribution is -2.59. The summed E-state index contributed by atoms with van der Waals surface area (Å²) in [6, 6.07) is 0.736. The number of hydrogen-bond acceptors (Lipinski definition) is 4. The van der Waals surface area contributed by atoms with Crippen LogP contribution >= 0.6 is 0 Å². The van der Waals surface area contributed by atoms with Crippen LogP contribution in [0.5, 0.6) is 0 Å². The van der Waals surface area contributed by atoms with Crippen molar-refractivity contribution in [3.63, 3.8) is 0 Å². The summed E-state index contributed by atoms with van der Waals surface area (Å²) < 4.78 is 39.3. The van der Waals surface area contributed by atoms with E-state index in [1.54, 1.807) is 6.92 Å². The first kappa shape index (κ1) is 18.0. The van der Waals surface area contributed by atoms with Gasteiger partial charge in [0.25, 0.3) is 0 Å². The van der Waals surface area contributed by atoms with E-state index in [9.17, 15) is 22.8 Å². The van der Waals surface area contributed by atoms with Crippen molar-refractivity contribution in [3.8, 4) is 0 Å². The van der Waals surface area contributed by atoms with Gasteiger partial charge in [0.2, 0.25) is 11.8 Å². The quantitative estimate of drug-likeness (QED) is 0.864. The van der Waals surface area contributed by atoms with Crippen molar-refractivity contribution in [2.24, 2.45) is 17.4 Å². The average molecular weight is 344 g/mol. The zero-order valence-corrected chi connectivity index (χ0v) is 13.5. The normalized spacial score (nSPS) is 27.3. The van der Waals surface area contributed by atoms with E-state index in [1.807, 2.05) is 0 Å². The molecule has 2 heterocycles. The molecule has 0 bridgehead atoms. The first-order valence-corrected chi connectivity index (χ1v) is 7.33. The van der Waals surface area contributed by atoms with Crippen molar-refractivity contribution in [1.82, 2.24) is 4.98 Å². The zero-order valence-electron chi connectivity index (χ0n) is 13.5. The maximum atomic E-state index is 13.1. The van der Waals surface area contributed by atoms with Crippen LogP contribution in [-0.2, 0) is 15.8 Å². The Balaban J connectivity index is 2.67. The molecule has 1 fully saturated rings. The number of carbonyl (C=O) groups excluding carboxylic acids is 2. The lowest BCUT2D eigenvalue weighted by Gasteiger charge is -2.38. The third-order valence-corrected chi connectivity index (χ3v) is 4.69. The first-order chi connectivity index (χ1) is 10.9. The Kier molecular flexibility index (Phi) is 4.24. The van der Waals surface area contributed by atoms with Crippen molar-refractivity contribution in [1.29, 1.82) is 0 Å². The molecule has 0 aliphatic carbocycles. The molecule has 3 atom stereocenters. The van der Waals surface area contributed by atoms with E-state index in [2.05, 4.69) is 4.98 Å². The van der Waals surface area contributed by atoms with Gasteiger partial charge in [-0.15, -0.1) is 0 Å². The summed E-state index contributed by atoms with van der Waals surface area (Å²) in [5, 5.41) is 0. The number of nitrogens with zero attached hydrogens (tertiary/aromatic N) is 2. The van der Waals surface area contributed by atoms with Gasteiger partial charge in [-0.25, -0.2) is 4.98 Å². The second-order valence-corrected chi connectivity index (χ2v) is 6.29. The van der Waals surface area contributed by atoms with E-state index in [4.69, 9.17) is 11.5 Å². The molecule has 3 unspecified atom stereocenters. The molecule has 1 aliphatic rings. The highest BCUT2D eigenvalue weighted by Crippen LogP contribution is 2.43. The monoisotopic (exact) mass is 344 g/mol. The third-order valence-electron chi connectivity index (χ3n) is 4.69. The lowest BCUT2D eigenvalue weighted by atomic mass is 9.87. The molecule has 0 saturated carbocycles. The van der Waals surface area contributed by atoms with Crippen LogP contribution in [0, 0.1) is 12.8 Å². The summed E-state index contributed by atoms with van der Waals surface area (Å²) in [4.78, 5) is 29.1. The van der Waals surface area contributed by atoms with Crippen molar-refractivity contribution < 1.29 is 22.8 Å². The Morgan fingerprint density at radius 1 is 1.33 bits per heavy atom. The number of halogens is 3. The summed E-state index contributed by atoms with van der Waals surface area (Å²) in [5.41, 5.74) is 8.70. The number of amides is 2. The highest BCUT2D eigenvalue weighted by atomic mass is 19.4. The zero-order chi connectivity index (χ0) is 18.4. The second-order valence-electron chi connectivity index (χ2n) is 6.29. The van der Waals surface area contributed by atoms with Crippen molar-refractivity contribution in [2.45, 2.75) is 44.9 Å². The number of nitrogens with two attached hydrogens (primary N) is 2. The largest absolute Gasteiger partial charge is 0.416 e. The number of carbonyl (C=O) groups is 2. The van der Waals surface area contributed by atoms with Gasteiger partial charge in [-0.3, -0.25) is 9.59 Å². The van der Waals surface area contributed by atoms with Crippen LogP contribution in [0.4, 0.5) is 19.0 Å². The maximum Gasteiger partial charge on any atom is 0.416 e. The topological polar surface area (TPSA) is 102 Å². The molecule has 2 rings (SSSR count). The number of alkyl halides is 3. The number of rotatable bonds is 3. The molecule has 1 saturated heterocycles. The van der Waals surface area contributed by atoms with Crippen LogP contribution in [0.1, 0.15) is 31.5 Å². The minimum absolute atomic E-state index is 0.106. The van der Waals surface area contributed by atoms with Gasteiger partial charge >= 0.3 is 6.18 Å². The van der Waals surface area contributed by atoms with Gasteiger partial charge in [0.15, 0.2) is 0 Å². The van der Waals surface area contributed by atoms with Crippen LogP contribution in [0.2, 0.25) is 0 Å². The van der Waals surface area contributed by atoms with Gasteiger partial charge in [0.1, 0.15) is 17.4 Å². The van der Waals surface area contributed by atoms with Gasteiger partial charge in [0, 0.05) is 5.69 Å². The molecule has 0 radical (unpaired) electrons. The van der Waals surface area contributed by atoms with E-state index >= 15 is 0 Å². The minimum atomic E-state index is -4.58. The lowest BCUT2D eigenvalue weighted by molar-refractivity contribution is -0.137. The smallest absolute Gasteiger partial charge is 0.368 e. The number of aryl methyl sites for hydroxylation is 1. The Hall–Kier alpha value is -2.32. The fourth-order valence-corrected chi connectivity index (χ4v) is 3.17. The summed E-state index contributed by atoms with van der Waals surface area (Å²) >= 11 is 0. The average Bonchev–Trinajstić information content (AvgIpc) is 2.71. The molecule has 0 spiro atoms. The molecular weight excluding hydrogens is 325 g/mol. The number of pyridine rings is 1. The highest BCUT2D eigenvalue weighted by Gasteiger charge is 2.54. The van der Waals surface area contributed by atoms with E-state index in [0.29, 0.717) is 0 Å². The fourth-order valence-electron chi connectivity index (χ4n) is 3.17. The Morgan fingerprint density at radius 3 is 2.38 bits per heavy atom. The minimum Gasteiger partial charge on any atom is -0.368 e. The molecule has 0 aromatic carbocycles. The molecule has 24 heavy (non-hydrogen) atoms. The Morgan fingerprint density at radius 2 is 1.92 bits per heavy atom. The van der Waals surface area contributed by atoms with Crippen LogP contribution in [0.25, 0.3) is 0 Å². The number of aromatic nitrogens is 1. The molecule has 4 N–H and O–H groups in total. The summed E-state index contributed by atoms with van der Waals surface area (Å²) in [6.07, 6.45) is -4.38. The predicted molar refractivity (Wildman–Crippen MR) is 80.8 cm³/mol. The summed E-state index contributed by atoms with van der Waals surface area (Å²) in [7, 11) is 0. The van der Waals surface area contributed by atoms with Gasteiger partial charge in [0.05, 0.1) is 5.56 Å². The van der Waals surface area contributed by atoms with Gasteiger partial charge in [-0.1, -0.05) is 6.92 Å². The standard InChI is InChI=1S/C15H19F3N4O2/c1-7-4-10(12(19)23)22(14(7,3)13(20)24)11-6-9(15(16,17)18)5-8(2)21-11/h5-7,10H,4H2,1-3H3,(H2,19,23)(H2,20,24). The fraction of sp³-hybridized carbons (Fsp3) is 0.533. The first-order valence-electron chi connectivity index (χ1n) is 7.33. The number of primary amides is 2. The molecule has 1 aromatic heterocycles. The van der Waals surface area contributed by atoms with Crippen LogP contribution in [-0.4, -0.2) is 28.4 Å². The van der Waals surface area contributed by atoms with Gasteiger partial charge in [-0.05, 0) is 38.3 Å². The SMILES string of the molecule is Cc1cc(C(F)(F)F)cc(N2C(C(N)=O)CC(C)C2(C)C(N)=O)n1. The van der Waals surface area contributed by atoms with E-state index < -0.39 is 35.1 Å². The van der Waals surface area contributed by atoms with Crippen LogP contribution < -0.4 is 16.4 Å². The summed E-state index contributed by atoms with van der Waals surface area (Å²) in [5.74, 6) is -2.03. The van der Waals surface area contributed by atoms with Crippen LogP contribution in [0.15, 0.2) is 12.1 Å². The number of hydrogen-bond donors (Lipinski definition) is 2. The highest BCUT2D eigenvalue weighted by molar-refractivity contribution is 5.94. The van der Waals surface area contributed by atoms with E-state index in [0.717, 1.165) is 12.1 Å². The Labute approximate surface area is 137 Å². The van der Waals surface area contributed by atoms with Crippen molar-refractivity contribution in [2.75, 3.05) is 4.90 Å². The molecule has 1 aliphatic heterocycles. The molecule has 1 aromatic rings. The second kappa shape index (κ2) is 5.64. The molecular formula is C15H19F3N4O2. The third kappa shape index (κ3) is 2.78. The van der Waals surface area contributed by atoms with E-state index in [-0.39, 0.29) is 23.9 Å². The molecule has 132 valence electrons. The summed E-state index contributed by atoms with van der Waals surface area (Å²) in [6.45, 7) is 4.58. The van der Waals surface area contributed by atoms with Crippen molar-refractivity contribution >= 4 is 17.6 Å². The van der Waals surface area contributed by atoms with E-state index in [1.165, 1.54) is 18.7 Å². The number of anilines is 1. The Bertz CT molecular complexity index is 692. The van der Waals surface area contributed by atoms with Gasteiger partial charge < -0.3 is 16.4 Å². The maximum absolute atomic E-state index is 13.1. The predicted octanol–water partition coefficient (Wildman–Crippen LogP) is 1.35.